The number of allylic oxidation sites excluding steroid dienone is 1. The number of hydrogen-bond acceptors (Lipinski definition) is 8. The average molecular weight is 524 g/mol. The number of anilines is 3. The van der Waals surface area contributed by atoms with E-state index >= 15 is 0 Å². The van der Waals surface area contributed by atoms with Crippen LogP contribution < -0.4 is 10.6 Å². The largest absolute Gasteiger partial charge is 0.505 e. The van der Waals surface area contributed by atoms with Gasteiger partial charge >= 0.3 is 0 Å². The molecule has 0 aliphatic rings. The third-order valence-electron chi connectivity index (χ3n) is 3.92. The van der Waals surface area contributed by atoms with E-state index in [1.807, 2.05) is 33.8 Å². The number of carbonyl (C=O) groups is 1. The Kier molecular flexibility index (Phi) is 20.0. The molecule has 0 saturated carbocycles. The lowest BCUT2D eigenvalue weighted by atomic mass is 10.1. The van der Waals surface area contributed by atoms with Crippen LogP contribution in [0.3, 0.4) is 0 Å². The second kappa shape index (κ2) is 20.4. The zero-order valence-corrected chi connectivity index (χ0v) is 25.2. The van der Waals surface area contributed by atoms with Gasteiger partial charge in [-0.15, -0.1) is 0 Å². The summed E-state index contributed by atoms with van der Waals surface area (Å²) in [7, 11) is 4.90. The first-order valence-corrected chi connectivity index (χ1v) is 13.4. The maximum Gasteiger partial charge on any atom is 0.257 e. The smallest absolute Gasteiger partial charge is 0.257 e. The Morgan fingerprint density at radius 2 is 1.64 bits per heavy atom. The van der Waals surface area contributed by atoms with Gasteiger partial charge in [0.05, 0.1) is 36.6 Å². The normalized spacial score (nSPS) is 10.2. The lowest BCUT2D eigenvalue weighted by Gasteiger charge is -2.14. The monoisotopic (exact) mass is 523 g/mol. The molecule has 36 heavy (non-hydrogen) atoms. The average Bonchev–Trinajstić information content (AvgIpc) is 3.29. The number of para-hydroxylation sites is 1. The SMILES string of the molecule is CC.CC.CC(C)C.CO/C(=C\CC(C)C)CNc1nsnc1Nc1cccc(C(=O)N(C)C)c1O. The maximum atomic E-state index is 12.2. The van der Waals surface area contributed by atoms with Crippen molar-refractivity contribution in [3.05, 3.63) is 35.6 Å². The lowest BCUT2D eigenvalue weighted by Crippen LogP contribution is -2.21. The number of nitrogens with one attached hydrogen (secondary N) is 2. The van der Waals surface area contributed by atoms with Crippen molar-refractivity contribution in [1.29, 1.82) is 0 Å². The Labute approximate surface area is 223 Å². The van der Waals surface area contributed by atoms with Gasteiger partial charge in [0.2, 0.25) is 0 Å². The Morgan fingerprint density at radius 1 is 1.08 bits per heavy atom. The Morgan fingerprint density at radius 3 is 2.14 bits per heavy atom. The van der Waals surface area contributed by atoms with Crippen molar-refractivity contribution >= 4 is 35.0 Å². The molecule has 0 bridgehead atoms. The van der Waals surface area contributed by atoms with Gasteiger partial charge in [0.25, 0.3) is 5.91 Å². The Bertz CT molecular complexity index is 877. The van der Waals surface area contributed by atoms with Crippen molar-refractivity contribution in [2.24, 2.45) is 11.8 Å². The van der Waals surface area contributed by atoms with Crippen LogP contribution in [-0.2, 0) is 4.74 Å². The van der Waals surface area contributed by atoms with Crippen LogP contribution in [0.2, 0.25) is 0 Å². The molecule has 1 aromatic heterocycles. The molecule has 8 nitrogen and oxygen atoms in total. The molecule has 0 unspecified atom stereocenters. The van der Waals surface area contributed by atoms with Crippen LogP contribution in [0.5, 0.6) is 5.75 Å². The standard InChI is InChI=1S/C19H27N5O3S.C4H10.2C2H6/c1-12(2)9-10-13(27-5)11-20-17-18(23-28-22-17)21-15-8-6-7-14(16(15)25)19(26)24(3)4;1-4(2)3;2*1-2/h6-8,10,12,25H,9,11H2,1-5H3,(H,20,22)(H,21,23);4H,1-3H3;2*1-2H3/b13-10-;;;. The number of benzene rings is 1. The van der Waals surface area contributed by atoms with Crippen LogP contribution in [0, 0.1) is 11.8 Å². The Hall–Kier alpha value is -2.81. The third kappa shape index (κ3) is 13.9. The molecule has 0 aliphatic heterocycles. The fourth-order valence-corrected chi connectivity index (χ4v) is 2.82. The fraction of sp³-hybridized carbons (Fsp3) is 0.593. The first-order chi connectivity index (χ1) is 17.1. The molecule has 0 fully saturated rings. The van der Waals surface area contributed by atoms with Gasteiger partial charge in [-0.1, -0.05) is 68.4 Å². The topological polar surface area (TPSA) is 99.6 Å². The predicted molar refractivity (Wildman–Crippen MR) is 156 cm³/mol. The number of phenols is 1. The molecule has 3 N–H and O–H groups in total. The van der Waals surface area contributed by atoms with Crippen LogP contribution in [0.15, 0.2) is 30.0 Å². The van der Waals surface area contributed by atoms with Crippen LogP contribution in [0.25, 0.3) is 0 Å². The summed E-state index contributed by atoms with van der Waals surface area (Å²) in [6.07, 6.45) is 2.97. The molecule has 1 aromatic carbocycles. The highest BCUT2D eigenvalue weighted by molar-refractivity contribution is 6.99. The Balaban J connectivity index is 0. The highest BCUT2D eigenvalue weighted by Gasteiger charge is 2.17. The third-order valence-corrected chi connectivity index (χ3v) is 4.45. The maximum absolute atomic E-state index is 12.2. The zero-order chi connectivity index (χ0) is 28.3. The minimum atomic E-state index is -0.282. The molecule has 206 valence electrons. The quantitative estimate of drug-likeness (QED) is 0.233. The molecule has 1 amide bonds. The molecule has 0 radical (unpaired) electrons. The summed E-state index contributed by atoms with van der Waals surface area (Å²) in [5.41, 5.74) is 0.594. The van der Waals surface area contributed by atoms with Gasteiger partial charge in [0.15, 0.2) is 17.4 Å². The van der Waals surface area contributed by atoms with Crippen molar-refractivity contribution in [2.75, 3.05) is 38.4 Å². The number of aromatic nitrogens is 2. The van der Waals surface area contributed by atoms with Crippen LogP contribution in [0.1, 0.15) is 79.1 Å². The van der Waals surface area contributed by atoms with Crippen LogP contribution >= 0.6 is 11.7 Å². The van der Waals surface area contributed by atoms with Crippen molar-refractivity contribution in [3.8, 4) is 5.75 Å². The number of rotatable bonds is 9. The van der Waals surface area contributed by atoms with Crippen molar-refractivity contribution in [3.63, 3.8) is 0 Å². The van der Waals surface area contributed by atoms with Gasteiger partial charge in [-0.05, 0) is 36.5 Å². The van der Waals surface area contributed by atoms with Crippen LogP contribution in [0.4, 0.5) is 17.3 Å². The van der Waals surface area contributed by atoms with E-state index in [0.717, 1.165) is 29.8 Å². The van der Waals surface area contributed by atoms with Crippen LogP contribution in [-0.4, -0.2) is 52.4 Å². The summed E-state index contributed by atoms with van der Waals surface area (Å²) in [6, 6.07) is 4.95. The second-order valence-electron chi connectivity index (χ2n) is 8.58. The van der Waals surface area contributed by atoms with E-state index in [9.17, 15) is 9.90 Å². The van der Waals surface area contributed by atoms with E-state index in [2.05, 4.69) is 54.0 Å². The minimum absolute atomic E-state index is 0.130. The van der Waals surface area contributed by atoms with E-state index in [1.165, 1.54) is 4.90 Å². The van der Waals surface area contributed by atoms with Crippen molar-refractivity contribution in [1.82, 2.24) is 13.6 Å². The molecular formula is C27H49N5O3S. The molecular weight excluding hydrogens is 474 g/mol. The highest BCUT2D eigenvalue weighted by atomic mass is 32.1. The number of nitrogens with zero attached hydrogens (tertiary/aromatic N) is 3. The van der Waals surface area contributed by atoms with E-state index < -0.39 is 0 Å². The van der Waals surface area contributed by atoms with E-state index in [-0.39, 0.29) is 17.2 Å². The molecule has 9 heteroatoms. The summed E-state index contributed by atoms with van der Waals surface area (Å²) in [5.74, 6) is 2.79. The number of phenolic OH excluding ortho intramolecular Hbond substituents is 1. The summed E-state index contributed by atoms with van der Waals surface area (Å²) >= 11 is 1.04. The molecule has 0 atom stereocenters. The van der Waals surface area contributed by atoms with Crippen molar-refractivity contribution < 1.29 is 14.6 Å². The number of amides is 1. The van der Waals surface area contributed by atoms with Gasteiger partial charge < -0.3 is 25.4 Å². The summed E-state index contributed by atoms with van der Waals surface area (Å²) in [6.45, 7) is 19.3. The van der Waals surface area contributed by atoms with Crippen molar-refractivity contribution in [2.45, 2.75) is 68.7 Å². The van der Waals surface area contributed by atoms with Gasteiger partial charge in [-0.3, -0.25) is 4.79 Å². The molecule has 2 rings (SSSR count). The molecule has 0 spiro atoms. The van der Waals surface area contributed by atoms with E-state index in [1.54, 1.807) is 39.4 Å². The molecule has 2 aromatic rings. The number of ether oxygens (including phenoxy) is 1. The summed E-state index contributed by atoms with van der Waals surface area (Å²) in [4.78, 5) is 13.6. The highest BCUT2D eigenvalue weighted by Crippen LogP contribution is 2.32. The second-order valence-corrected chi connectivity index (χ2v) is 9.11. The van der Waals surface area contributed by atoms with Gasteiger partial charge in [0, 0.05) is 14.1 Å². The number of hydrogen-bond donors (Lipinski definition) is 3. The zero-order valence-electron chi connectivity index (χ0n) is 24.4. The first kappa shape index (κ1) is 35.4. The molecule has 1 heterocycles. The minimum Gasteiger partial charge on any atom is -0.505 e. The molecule has 0 saturated heterocycles. The van der Waals surface area contributed by atoms with E-state index in [0.29, 0.717) is 29.8 Å². The van der Waals surface area contributed by atoms with Gasteiger partial charge in [-0.2, -0.15) is 8.75 Å². The fourth-order valence-electron chi connectivity index (χ4n) is 2.34. The predicted octanol–water partition coefficient (Wildman–Crippen LogP) is 7.39. The van der Waals surface area contributed by atoms with Gasteiger partial charge in [0.1, 0.15) is 5.76 Å². The lowest BCUT2D eigenvalue weighted by molar-refractivity contribution is 0.0824. The first-order valence-electron chi connectivity index (χ1n) is 12.7. The number of aromatic hydroxyl groups is 1. The summed E-state index contributed by atoms with van der Waals surface area (Å²) < 4.78 is 13.9. The number of methoxy groups -OCH3 is 1. The number of carbonyl (C=O) groups excluding carboxylic acids is 1. The summed E-state index contributed by atoms with van der Waals surface area (Å²) in [5, 5.41) is 16.7. The molecule has 0 aliphatic carbocycles. The van der Waals surface area contributed by atoms with Gasteiger partial charge in [-0.25, -0.2) is 0 Å². The van der Waals surface area contributed by atoms with E-state index in [4.69, 9.17) is 4.74 Å².